The van der Waals surface area contributed by atoms with Gasteiger partial charge in [0, 0.05) is 23.8 Å². The normalized spacial score (nSPS) is 23.5. The maximum Gasteiger partial charge on any atom is 0.255 e. The molecular formula is C15H20INO2. The fourth-order valence-electron chi connectivity index (χ4n) is 2.53. The van der Waals surface area contributed by atoms with E-state index in [-0.39, 0.29) is 11.5 Å². The van der Waals surface area contributed by atoms with Crippen LogP contribution in [0.1, 0.15) is 35.7 Å². The van der Waals surface area contributed by atoms with Gasteiger partial charge in [-0.3, -0.25) is 4.79 Å². The van der Waals surface area contributed by atoms with Gasteiger partial charge in [-0.05, 0) is 60.9 Å². The molecule has 0 N–H and O–H groups in total. The van der Waals surface area contributed by atoms with Crippen LogP contribution in [-0.2, 0) is 4.74 Å². The molecule has 4 heteroatoms. The van der Waals surface area contributed by atoms with Crippen molar-refractivity contribution in [3.8, 4) is 0 Å². The van der Waals surface area contributed by atoms with Gasteiger partial charge in [-0.25, -0.2) is 0 Å². The molecular weight excluding hydrogens is 353 g/mol. The van der Waals surface area contributed by atoms with Crippen LogP contribution in [0.3, 0.4) is 0 Å². The molecule has 1 aromatic carbocycles. The monoisotopic (exact) mass is 373 g/mol. The van der Waals surface area contributed by atoms with Crippen molar-refractivity contribution in [3.05, 3.63) is 32.9 Å². The molecule has 104 valence electrons. The van der Waals surface area contributed by atoms with Crippen molar-refractivity contribution >= 4 is 28.5 Å². The van der Waals surface area contributed by atoms with Crippen molar-refractivity contribution < 1.29 is 9.53 Å². The molecule has 0 aliphatic carbocycles. The second-order valence-corrected chi connectivity index (χ2v) is 6.50. The summed E-state index contributed by atoms with van der Waals surface area (Å²) in [4.78, 5) is 14.6. The predicted molar refractivity (Wildman–Crippen MR) is 84.4 cm³/mol. The fraction of sp³-hybridized carbons (Fsp3) is 0.533. The number of carbonyl (C=O) groups excluding carboxylic acids is 1. The molecule has 1 saturated heterocycles. The molecule has 2 rings (SSSR count). The lowest BCUT2D eigenvalue weighted by molar-refractivity contribution is -0.0440. The molecule has 0 spiro atoms. The van der Waals surface area contributed by atoms with Gasteiger partial charge >= 0.3 is 0 Å². The van der Waals surface area contributed by atoms with Crippen LogP contribution >= 0.6 is 22.6 Å². The Kier molecular flexibility index (Phi) is 4.50. The number of piperidine rings is 1. The number of hydrogen-bond acceptors (Lipinski definition) is 2. The first-order valence-electron chi connectivity index (χ1n) is 6.56. The van der Waals surface area contributed by atoms with Crippen LogP contribution in [0.2, 0.25) is 0 Å². The first-order valence-corrected chi connectivity index (χ1v) is 7.64. The third kappa shape index (κ3) is 3.11. The summed E-state index contributed by atoms with van der Waals surface area (Å²) in [5.41, 5.74) is 1.75. The standard InChI is InChI=1S/C15H20INO2/c1-11-6-4-7-12(13(11)16)14(18)17-9-5-8-15(2,10-17)19-3/h4,6-7H,5,8-10H2,1-3H3. The minimum absolute atomic E-state index is 0.121. The molecule has 3 nitrogen and oxygen atoms in total. The van der Waals surface area contributed by atoms with Gasteiger partial charge in [0.25, 0.3) is 5.91 Å². The van der Waals surface area contributed by atoms with Gasteiger partial charge in [0.15, 0.2) is 0 Å². The molecule has 1 fully saturated rings. The van der Waals surface area contributed by atoms with Crippen molar-refractivity contribution in [2.75, 3.05) is 20.2 Å². The topological polar surface area (TPSA) is 29.5 Å². The van der Waals surface area contributed by atoms with Gasteiger partial charge in [-0.2, -0.15) is 0 Å². The zero-order valence-electron chi connectivity index (χ0n) is 11.7. The Morgan fingerprint density at radius 1 is 1.47 bits per heavy atom. The summed E-state index contributed by atoms with van der Waals surface area (Å²) in [6.07, 6.45) is 2.01. The maximum atomic E-state index is 12.6. The summed E-state index contributed by atoms with van der Waals surface area (Å²) >= 11 is 2.26. The number of ether oxygens (including phenoxy) is 1. The van der Waals surface area contributed by atoms with Crippen molar-refractivity contribution in [2.24, 2.45) is 0 Å². The molecule has 0 bridgehead atoms. The average molecular weight is 373 g/mol. The van der Waals surface area contributed by atoms with E-state index in [0.29, 0.717) is 6.54 Å². The average Bonchev–Trinajstić information content (AvgIpc) is 2.41. The summed E-state index contributed by atoms with van der Waals surface area (Å²) in [6, 6.07) is 5.90. The number of nitrogens with zero attached hydrogens (tertiary/aromatic N) is 1. The SMILES string of the molecule is COC1(C)CCCN(C(=O)c2cccc(C)c2I)C1. The van der Waals surface area contributed by atoms with Gasteiger partial charge in [0.05, 0.1) is 11.2 Å². The number of carbonyl (C=O) groups is 1. The van der Waals surface area contributed by atoms with E-state index in [0.717, 1.165) is 34.1 Å². The van der Waals surface area contributed by atoms with Gasteiger partial charge in [-0.15, -0.1) is 0 Å². The summed E-state index contributed by atoms with van der Waals surface area (Å²) < 4.78 is 6.60. The Morgan fingerprint density at radius 2 is 2.21 bits per heavy atom. The molecule has 1 unspecified atom stereocenters. The highest BCUT2D eigenvalue weighted by Crippen LogP contribution is 2.26. The van der Waals surface area contributed by atoms with Gasteiger partial charge in [0.2, 0.25) is 0 Å². The first kappa shape index (κ1) is 14.8. The van der Waals surface area contributed by atoms with Crippen molar-refractivity contribution in [1.29, 1.82) is 0 Å². The van der Waals surface area contributed by atoms with Gasteiger partial charge in [-0.1, -0.05) is 12.1 Å². The lowest BCUT2D eigenvalue weighted by atomic mass is 9.94. The number of rotatable bonds is 2. The van der Waals surface area contributed by atoms with Crippen LogP contribution < -0.4 is 0 Å². The summed E-state index contributed by atoms with van der Waals surface area (Å²) in [7, 11) is 1.73. The molecule has 0 radical (unpaired) electrons. The highest BCUT2D eigenvalue weighted by molar-refractivity contribution is 14.1. The van der Waals surface area contributed by atoms with E-state index in [4.69, 9.17) is 4.74 Å². The molecule has 1 aliphatic heterocycles. The Balaban J connectivity index is 2.22. The second-order valence-electron chi connectivity index (χ2n) is 5.42. The highest BCUT2D eigenvalue weighted by atomic mass is 127. The van der Waals surface area contributed by atoms with E-state index in [9.17, 15) is 4.79 Å². The minimum Gasteiger partial charge on any atom is -0.377 e. The number of amides is 1. The number of hydrogen-bond donors (Lipinski definition) is 0. The van der Waals surface area contributed by atoms with Crippen LogP contribution in [0, 0.1) is 10.5 Å². The van der Waals surface area contributed by atoms with Crippen LogP contribution in [0.15, 0.2) is 18.2 Å². The maximum absolute atomic E-state index is 12.6. The fourth-order valence-corrected chi connectivity index (χ4v) is 3.12. The van der Waals surface area contributed by atoms with Crippen LogP contribution in [0.5, 0.6) is 0 Å². The Morgan fingerprint density at radius 3 is 2.89 bits per heavy atom. The largest absolute Gasteiger partial charge is 0.377 e. The van der Waals surface area contributed by atoms with Crippen LogP contribution in [0.25, 0.3) is 0 Å². The van der Waals surface area contributed by atoms with E-state index in [1.165, 1.54) is 0 Å². The molecule has 0 aromatic heterocycles. The quantitative estimate of drug-likeness (QED) is 0.745. The molecule has 19 heavy (non-hydrogen) atoms. The number of halogens is 1. The smallest absolute Gasteiger partial charge is 0.255 e. The lowest BCUT2D eigenvalue weighted by Gasteiger charge is -2.39. The highest BCUT2D eigenvalue weighted by Gasteiger charge is 2.33. The lowest BCUT2D eigenvalue weighted by Crippen LogP contribution is -2.49. The Labute approximate surface area is 128 Å². The first-order chi connectivity index (χ1) is 8.97. The van der Waals surface area contributed by atoms with E-state index in [1.807, 2.05) is 30.0 Å². The number of aryl methyl sites for hydroxylation is 1. The molecule has 0 saturated carbocycles. The van der Waals surface area contributed by atoms with Crippen molar-refractivity contribution in [1.82, 2.24) is 4.90 Å². The zero-order chi connectivity index (χ0) is 14.0. The third-order valence-electron chi connectivity index (χ3n) is 3.86. The predicted octanol–water partition coefficient (Wildman–Crippen LogP) is 3.24. The zero-order valence-corrected chi connectivity index (χ0v) is 13.9. The van der Waals surface area contributed by atoms with E-state index in [1.54, 1.807) is 7.11 Å². The van der Waals surface area contributed by atoms with Gasteiger partial charge in [0.1, 0.15) is 0 Å². The molecule has 1 aliphatic rings. The van der Waals surface area contributed by atoms with Crippen molar-refractivity contribution in [2.45, 2.75) is 32.3 Å². The summed E-state index contributed by atoms with van der Waals surface area (Å²) in [5, 5.41) is 0. The van der Waals surface area contributed by atoms with Crippen LogP contribution in [-0.4, -0.2) is 36.6 Å². The van der Waals surface area contributed by atoms with Gasteiger partial charge < -0.3 is 9.64 Å². The van der Waals surface area contributed by atoms with E-state index < -0.39 is 0 Å². The second kappa shape index (κ2) is 5.79. The van der Waals surface area contributed by atoms with E-state index >= 15 is 0 Å². The minimum atomic E-state index is -0.205. The molecule has 1 amide bonds. The number of likely N-dealkylation sites (tertiary alicyclic amines) is 1. The number of methoxy groups -OCH3 is 1. The molecule has 1 atom stereocenters. The Hall–Kier alpha value is -0.620. The summed E-state index contributed by atoms with van der Waals surface area (Å²) in [5.74, 6) is 0.121. The van der Waals surface area contributed by atoms with E-state index in [2.05, 4.69) is 29.5 Å². The summed E-state index contributed by atoms with van der Waals surface area (Å²) in [6.45, 7) is 5.61. The molecule has 1 heterocycles. The Bertz CT molecular complexity index is 489. The number of benzene rings is 1. The van der Waals surface area contributed by atoms with Crippen molar-refractivity contribution in [3.63, 3.8) is 0 Å². The third-order valence-corrected chi connectivity index (χ3v) is 5.29. The van der Waals surface area contributed by atoms with Crippen LogP contribution in [0.4, 0.5) is 0 Å². The molecule has 1 aromatic rings.